The van der Waals surface area contributed by atoms with Gasteiger partial charge in [0, 0.05) is 40.4 Å². The lowest BCUT2D eigenvalue weighted by Crippen LogP contribution is -2.30. The molecule has 3 aromatic rings. The van der Waals surface area contributed by atoms with Crippen molar-refractivity contribution in [2.75, 3.05) is 0 Å². The first-order valence-electron chi connectivity index (χ1n) is 10.4. The van der Waals surface area contributed by atoms with E-state index in [1.807, 2.05) is 37.4 Å². The second kappa shape index (κ2) is 7.48. The molecule has 1 aliphatic heterocycles. The summed E-state index contributed by atoms with van der Waals surface area (Å²) in [6.07, 6.45) is 3.10. The molecule has 2 unspecified atom stereocenters. The number of carbonyl (C=O) groups is 1. The fraction of sp³-hybridized carbons (Fsp3) is 0.269. The summed E-state index contributed by atoms with van der Waals surface area (Å²) < 4.78 is 0. The van der Waals surface area contributed by atoms with Crippen LogP contribution in [0.25, 0.3) is 0 Å². The van der Waals surface area contributed by atoms with Gasteiger partial charge in [-0.25, -0.2) is 0 Å². The third kappa shape index (κ3) is 3.37. The highest BCUT2D eigenvalue weighted by atomic mass is 35.5. The number of fused-ring (bicyclic) bond motifs is 2. The van der Waals surface area contributed by atoms with Crippen LogP contribution in [0.3, 0.4) is 0 Å². The van der Waals surface area contributed by atoms with Crippen LogP contribution in [0.4, 0.5) is 0 Å². The van der Waals surface area contributed by atoms with Gasteiger partial charge >= 0.3 is 0 Å². The fourth-order valence-electron chi connectivity index (χ4n) is 4.78. The lowest BCUT2D eigenvalue weighted by molar-refractivity contribution is -0.123. The van der Waals surface area contributed by atoms with E-state index in [0.29, 0.717) is 23.8 Å². The Hall–Kier alpha value is -2.78. The van der Waals surface area contributed by atoms with Gasteiger partial charge in [-0.05, 0) is 71.8 Å². The van der Waals surface area contributed by atoms with Crippen molar-refractivity contribution in [3.63, 3.8) is 0 Å². The molecule has 0 saturated carbocycles. The van der Waals surface area contributed by atoms with Crippen LogP contribution in [-0.4, -0.2) is 16.5 Å². The van der Waals surface area contributed by atoms with Crippen LogP contribution in [0.1, 0.15) is 51.9 Å². The molecular formula is C26H23ClN2O. The summed E-state index contributed by atoms with van der Waals surface area (Å²) in [5.74, 6) is 0.423. The standard InChI is InChI=1S/C26H23ClN2O/c1-15-8-18(6-7-28-15)26-24-12-20-11-23(16(2)17-4-3-5-22(27)10-17)25(30)13-19(20)9-21(24)14-29-26/h3-10,12,16,23H,11,13-14H2,1-2H3. The lowest BCUT2D eigenvalue weighted by atomic mass is 9.73. The smallest absolute Gasteiger partial charge is 0.141 e. The van der Waals surface area contributed by atoms with Gasteiger partial charge in [-0.3, -0.25) is 14.8 Å². The second-order valence-electron chi connectivity index (χ2n) is 8.43. The van der Waals surface area contributed by atoms with Gasteiger partial charge in [0.2, 0.25) is 0 Å². The number of pyridine rings is 1. The van der Waals surface area contributed by atoms with E-state index >= 15 is 0 Å². The van der Waals surface area contributed by atoms with Crippen molar-refractivity contribution < 1.29 is 4.79 Å². The molecule has 2 atom stereocenters. The number of aryl methyl sites for hydroxylation is 1. The van der Waals surface area contributed by atoms with Crippen LogP contribution < -0.4 is 0 Å². The van der Waals surface area contributed by atoms with E-state index in [2.05, 4.69) is 36.2 Å². The van der Waals surface area contributed by atoms with Crippen molar-refractivity contribution in [2.45, 2.75) is 39.2 Å². The van der Waals surface area contributed by atoms with Gasteiger partial charge in [0.15, 0.2) is 0 Å². The predicted octanol–water partition coefficient (Wildman–Crippen LogP) is 5.48. The second-order valence-corrected chi connectivity index (χ2v) is 8.86. The van der Waals surface area contributed by atoms with Crippen molar-refractivity contribution in [3.8, 4) is 0 Å². The molecule has 150 valence electrons. The number of carbonyl (C=O) groups excluding carboxylic acids is 1. The molecule has 1 aromatic heterocycles. The van der Waals surface area contributed by atoms with Crippen molar-refractivity contribution in [1.82, 2.24) is 4.98 Å². The number of aromatic nitrogens is 1. The minimum Gasteiger partial charge on any atom is -0.299 e. The number of rotatable bonds is 3. The van der Waals surface area contributed by atoms with Crippen molar-refractivity contribution in [3.05, 3.63) is 98.8 Å². The molecule has 0 radical (unpaired) electrons. The molecular weight excluding hydrogens is 392 g/mol. The maximum absolute atomic E-state index is 13.0. The van der Waals surface area contributed by atoms with Gasteiger partial charge in [0.1, 0.15) is 5.78 Å². The monoisotopic (exact) mass is 414 g/mol. The first kappa shape index (κ1) is 19.2. The minimum absolute atomic E-state index is 0.0287. The van der Waals surface area contributed by atoms with Crippen LogP contribution in [-0.2, 0) is 24.2 Å². The molecule has 0 bridgehead atoms. The Morgan fingerprint density at radius 3 is 2.73 bits per heavy atom. The maximum atomic E-state index is 13.0. The SMILES string of the molecule is Cc1cc(C2=NCc3cc4c(cc32)CC(C(C)c2cccc(Cl)c2)C(=O)C4)ccn1. The third-order valence-electron chi connectivity index (χ3n) is 6.45. The molecule has 1 aliphatic carbocycles. The van der Waals surface area contributed by atoms with Crippen LogP contribution >= 0.6 is 11.6 Å². The van der Waals surface area contributed by atoms with E-state index in [0.717, 1.165) is 34.5 Å². The van der Waals surface area contributed by atoms with Crippen molar-refractivity contribution in [2.24, 2.45) is 10.9 Å². The number of aliphatic imine (C=N–C) groups is 1. The van der Waals surface area contributed by atoms with E-state index < -0.39 is 0 Å². The summed E-state index contributed by atoms with van der Waals surface area (Å²) in [6, 6.07) is 16.5. The van der Waals surface area contributed by atoms with Crippen LogP contribution in [0, 0.1) is 12.8 Å². The Labute approximate surface area is 181 Å². The first-order valence-corrected chi connectivity index (χ1v) is 10.8. The molecule has 5 rings (SSSR count). The van der Waals surface area contributed by atoms with Crippen LogP contribution in [0.2, 0.25) is 5.02 Å². The number of ketones is 1. The Morgan fingerprint density at radius 1 is 1.07 bits per heavy atom. The van der Waals surface area contributed by atoms with Gasteiger partial charge in [0.25, 0.3) is 0 Å². The topological polar surface area (TPSA) is 42.3 Å². The highest BCUT2D eigenvalue weighted by Gasteiger charge is 2.33. The van der Waals surface area contributed by atoms with Crippen molar-refractivity contribution in [1.29, 1.82) is 0 Å². The molecule has 0 fully saturated rings. The Balaban J connectivity index is 1.49. The Kier molecular flexibility index (Phi) is 4.79. The zero-order chi connectivity index (χ0) is 20.8. The van der Waals surface area contributed by atoms with Gasteiger partial charge in [-0.15, -0.1) is 0 Å². The van der Waals surface area contributed by atoms with Gasteiger partial charge < -0.3 is 0 Å². The average molecular weight is 415 g/mol. The number of nitrogens with zero attached hydrogens (tertiary/aromatic N) is 2. The molecule has 0 amide bonds. The first-order chi connectivity index (χ1) is 14.5. The molecule has 2 aliphatic rings. The average Bonchev–Trinajstić information content (AvgIpc) is 3.14. The Morgan fingerprint density at radius 2 is 1.93 bits per heavy atom. The fourth-order valence-corrected chi connectivity index (χ4v) is 4.98. The third-order valence-corrected chi connectivity index (χ3v) is 6.69. The summed E-state index contributed by atoms with van der Waals surface area (Å²) in [6.45, 7) is 4.81. The highest BCUT2D eigenvalue weighted by Crippen LogP contribution is 2.37. The van der Waals surface area contributed by atoms with Gasteiger partial charge in [0.05, 0.1) is 12.3 Å². The van der Waals surface area contributed by atoms with Crippen molar-refractivity contribution >= 4 is 23.1 Å². The normalized spacial score (nSPS) is 18.6. The molecule has 0 spiro atoms. The number of benzene rings is 2. The van der Waals surface area contributed by atoms with Crippen LogP contribution in [0.15, 0.2) is 59.7 Å². The number of halogens is 1. The maximum Gasteiger partial charge on any atom is 0.141 e. The number of hydrogen-bond acceptors (Lipinski definition) is 3. The summed E-state index contributed by atoms with van der Waals surface area (Å²) in [7, 11) is 0. The molecule has 0 N–H and O–H groups in total. The largest absolute Gasteiger partial charge is 0.299 e. The summed E-state index contributed by atoms with van der Waals surface area (Å²) >= 11 is 6.19. The van der Waals surface area contributed by atoms with E-state index in [4.69, 9.17) is 16.6 Å². The van der Waals surface area contributed by atoms with E-state index in [-0.39, 0.29) is 11.8 Å². The minimum atomic E-state index is -0.0287. The van der Waals surface area contributed by atoms with Gasteiger partial charge in [-0.1, -0.05) is 36.7 Å². The number of Topliss-reactive ketones (excluding diaryl/α,β-unsaturated/α-hetero) is 1. The summed E-state index contributed by atoms with van der Waals surface area (Å²) in [4.78, 5) is 22.1. The molecule has 3 nitrogen and oxygen atoms in total. The van der Waals surface area contributed by atoms with Crippen LogP contribution in [0.5, 0.6) is 0 Å². The molecule has 4 heteroatoms. The molecule has 2 heterocycles. The highest BCUT2D eigenvalue weighted by molar-refractivity contribution is 6.30. The number of hydrogen-bond donors (Lipinski definition) is 0. The zero-order valence-electron chi connectivity index (χ0n) is 17.2. The van der Waals surface area contributed by atoms with Gasteiger partial charge in [-0.2, -0.15) is 0 Å². The molecule has 2 aromatic carbocycles. The lowest BCUT2D eigenvalue weighted by Gasteiger charge is -2.29. The molecule has 30 heavy (non-hydrogen) atoms. The van der Waals surface area contributed by atoms with E-state index in [9.17, 15) is 4.79 Å². The van der Waals surface area contributed by atoms with E-state index in [1.54, 1.807) is 0 Å². The predicted molar refractivity (Wildman–Crippen MR) is 121 cm³/mol. The zero-order valence-corrected chi connectivity index (χ0v) is 17.9. The Bertz CT molecular complexity index is 1200. The molecule has 0 saturated heterocycles. The summed E-state index contributed by atoms with van der Waals surface area (Å²) in [5.41, 5.74) is 9.10. The quantitative estimate of drug-likeness (QED) is 0.569. The summed E-state index contributed by atoms with van der Waals surface area (Å²) in [5, 5.41) is 0.717. The van der Waals surface area contributed by atoms with E-state index in [1.165, 1.54) is 16.7 Å².